The van der Waals surface area contributed by atoms with E-state index in [-0.39, 0.29) is 23.3 Å². The van der Waals surface area contributed by atoms with Gasteiger partial charge in [-0.25, -0.2) is 0 Å². The molecule has 1 saturated heterocycles. The quantitative estimate of drug-likeness (QED) is 0.816. The number of nitrogens with one attached hydrogen (secondary N) is 2. The lowest BCUT2D eigenvalue weighted by atomic mass is 9.65. The molecule has 1 saturated carbocycles. The van der Waals surface area contributed by atoms with Crippen molar-refractivity contribution in [2.24, 2.45) is 10.8 Å². The summed E-state index contributed by atoms with van der Waals surface area (Å²) in [6.07, 6.45) is 6.75. The first-order chi connectivity index (χ1) is 9.32. The molecule has 114 valence electrons. The highest BCUT2D eigenvalue weighted by atomic mass is 16.2. The van der Waals surface area contributed by atoms with Crippen molar-refractivity contribution in [3.8, 4) is 0 Å². The largest absolute Gasteiger partial charge is 0.354 e. The summed E-state index contributed by atoms with van der Waals surface area (Å²) in [6.45, 7) is 7.31. The summed E-state index contributed by atoms with van der Waals surface area (Å²) in [4.78, 5) is 24.5. The maximum atomic E-state index is 12.6. The van der Waals surface area contributed by atoms with Crippen LogP contribution in [-0.4, -0.2) is 24.4 Å². The monoisotopic (exact) mass is 280 g/mol. The van der Waals surface area contributed by atoms with Gasteiger partial charge in [-0.15, -0.1) is 0 Å². The van der Waals surface area contributed by atoms with Crippen LogP contribution in [0.5, 0.6) is 0 Å². The fourth-order valence-corrected chi connectivity index (χ4v) is 3.12. The van der Waals surface area contributed by atoms with Gasteiger partial charge in [-0.3, -0.25) is 9.59 Å². The normalized spacial score (nSPS) is 29.1. The number of amides is 2. The summed E-state index contributed by atoms with van der Waals surface area (Å²) in [5, 5.41) is 5.87. The van der Waals surface area contributed by atoms with Crippen molar-refractivity contribution in [2.75, 3.05) is 6.54 Å². The molecule has 1 heterocycles. The van der Waals surface area contributed by atoms with E-state index in [0.717, 1.165) is 51.5 Å². The highest BCUT2D eigenvalue weighted by molar-refractivity contribution is 5.90. The summed E-state index contributed by atoms with van der Waals surface area (Å²) >= 11 is 0. The molecule has 1 aliphatic heterocycles. The predicted octanol–water partition coefficient (Wildman–Crippen LogP) is 2.38. The van der Waals surface area contributed by atoms with Crippen LogP contribution in [0, 0.1) is 10.8 Å². The first-order valence-corrected chi connectivity index (χ1v) is 7.91. The van der Waals surface area contributed by atoms with E-state index in [0.29, 0.717) is 5.41 Å². The van der Waals surface area contributed by atoms with Crippen LogP contribution in [0.3, 0.4) is 0 Å². The fourth-order valence-electron chi connectivity index (χ4n) is 3.12. The van der Waals surface area contributed by atoms with E-state index in [9.17, 15) is 9.59 Å². The minimum absolute atomic E-state index is 0.0180. The van der Waals surface area contributed by atoms with Crippen molar-refractivity contribution >= 4 is 11.8 Å². The van der Waals surface area contributed by atoms with Gasteiger partial charge in [0.2, 0.25) is 11.8 Å². The van der Waals surface area contributed by atoms with E-state index in [2.05, 4.69) is 24.5 Å². The van der Waals surface area contributed by atoms with Crippen LogP contribution in [0.1, 0.15) is 65.7 Å². The van der Waals surface area contributed by atoms with Crippen LogP contribution in [-0.2, 0) is 9.59 Å². The number of rotatable bonds is 2. The van der Waals surface area contributed by atoms with Crippen molar-refractivity contribution in [1.82, 2.24) is 10.6 Å². The van der Waals surface area contributed by atoms with Gasteiger partial charge in [0.05, 0.1) is 0 Å². The molecule has 0 aromatic carbocycles. The molecule has 4 nitrogen and oxygen atoms in total. The Bertz CT molecular complexity index is 380. The summed E-state index contributed by atoms with van der Waals surface area (Å²) in [7, 11) is 0. The fraction of sp³-hybridized carbons (Fsp3) is 0.875. The van der Waals surface area contributed by atoms with Crippen molar-refractivity contribution in [3.63, 3.8) is 0 Å². The summed E-state index contributed by atoms with van der Waals surface area (Å²) in [5.41, 5.74) is 0.0432. The third-order valence-electron chi connectivity index (χ3n) is 5.10. The molecule has 2 amide bonds. The number of carbonyl (C=O) groups is 2. The van der Waals surface area contributed by atoms with Gasteiger partial charge in [-0.1, -0.05) is 20.8 Å². The van der Waals surface area contributed by atoms with Crippen molar-refractivity contribution in [2.45, 2.75) is 71.8 Å². The molecule has 1 atom stereocenters. The Labute approximate surface area is 122 Å². The Morgan fingerprint density at radius 1 is 1.15 bits per heavy atom. The molecule has 2 rings (SSSR count). The lowest BCUT2D eigenvalue weighted by Crippen LogP contribution is -2.51. The van der Waals surface area contributed by atoms with Crippen molar-refractivity contribution in [1.29, 1.82) is 0 Å². The molecule has 2 fully saturated rings. The van der Waals surface area contributed by atoms with Crippen LogP contribution in [0.4, 0.5) is 0 Å². The third-order valence-corrected chi connectivity index (χ3v) is 5.10. The lowest BCUT2D eigenvalue weighted by molar-refractivity contribution is -0.137. The lowest BCUT2D eigenvalue weighted by Gasteiger charge is -2.40. The maximum absolute atomic E-state index is 12.6. The van der Waals surface area contributed by atoms with Gasteiger partial charge >= 0.3 is 0 Å². The second kappa shape index (κ2) is 5.74. The zero-order valence-corrected chi connectivity index (χ0v) is 13.1. The Hall–Kier alpha value is -1.06. The Morgan fingerprint density at radius 2 is 1.80 bits per heavy atom. The Balaban J connectivity index is 1.95. The number of hydrogen-bond acceptors (Lipinski definition) is 2. The van der Waals surface area contributed by atoms with Gasteiger partial charge in [0, 0.05) is 12.0 Å². The van der Waals surface area contributed by atoms with E-state index >= 15 is 0 Å². The molecular weight excluding hydrogens is 252 g/mol. The minimum Gasteiger partial charge on any atom is -0.354 e. The maximum Gasteiger partial charge on any atom is 0.242 e. The summed E-state index contributed by atoms with van der Waals surface area (Å²) in [5.74, 6) is 0.0469. The standard InChI is InChI=1S/C16H28N2O2/c1-15(2)7-9-16(3,10-8-15)14(20)18-12-6-4-5-11-17-13(12)19/h12H,4-11H2,1-3H3,(H,17,19)(H,18,20)/t12-/m0/s1. The summed E-state index contributed by atoms with van der Waals surface area (Å²) < 4.78 is 0. The van der Waals surface area contributed by atoms with Crippen LogP contribution < -0.4 is 10.6 Å². The molecule has 0 radical (unpaired) electrons. The van der Waals surface area contributed by atoms with E-state index in [4.69, 9.17) is 0 Å². The predicted molar refractivity (Wildman–Crippen MR) is 79.1 cm³/mol. The Morgan fingerprint density at radius 3 is 2.45 bits per heavy atom. The van der Waals surface area contributed by atoms with Crippen LogP contribution in [0.2, 0.25) is 0 Å². The van der Waals surface area contributed by atoms with Crippen LogP contribution in [0.25, 0.3) is 0 Å². The molecule has 1 aliphatic carbocycles. The van der Waals surface area contributed by atoms with E-state index in [1.807, 2.05) is 6.92 Å². The third kappa shape index (κ3) is 3.53. The second-order valence-electron chi connectivity index (χ2n) is 7.54. The van der Waals surface area contributed by atoms with Gasteiger partial charge in [-0.05, 0) is 50.4 Å². The summed E-state index contributed by atoms with van der Waals surface area (Å²) in [6, 6.07) is -0.336. The molecule has 0 bridgehead atoms. The molecule has 20 heavy (non-hydrogen) atoms. The van der Waals surface area contributed by atoms with Gasteiger partial charge in [0.1, 0.15) is 6.04 Å². The second-order valence-corrected chi connectivity index (χ2v) is 7.54. The minimum atomic E-state index is -0.336. The number of hydrogen-bond donors (Lipinski definition) is 2. The average molecular weight is 280 g/mol. The topological polar surface area (TPSA) is 58.2 Å². The van der Waals surface area contributed by atoms with Gasteiger partial charge in [0.15, 0.2) is 0 Å². The zero-order valence-electron chi connectivity index (χ0n) is 13.1. The van der Waals surface area contributed by atoms with Gasteiger partial charge in [0.25, 0.3) is 0 Å². The van der Waals surface area contributed by atoms with E-state index in [1.165, 1.54) is 0 Å². The average Bonchev–Trinajstić information content (AvgIpc) is 2.59. The molecule has 4 heteroatoms. The zero-order chi connectivity index (χ0) is 14.8. The van der Waals surface area contributed by atoms with E-state index < -0.39 is 0 Å². The van der Waals surface area contributed by atoms with E-state index in [1.54, 1.807) is 0 Å². The molecule has 0 spiro atoms. The highest BCUT2D eigenvalue weighted by Crippen LogP contribution is 2.44. The smallest absolute Gasteiger partial charge is 0.242 e. The first-order valence-electron chi connectivity index (χ1n) is 7.91. The number of carbonyl (C=O) groups excluding carboxylic acids is 2. The molecular formula is C16H28N2O2. The van der Waals surface area contributed by atoms with Gasteiger partial charge in [-0.2, -0.15) is 0 Å². The van der Waals surface area contributed by atoms with Gasteiger partial charge < -0.3 is 10.6 Å². The first kappa shape index (κ1) is 15.3. The van der Waals surface area contributed by atoms with Crippen molar-refractivity contribution < 1.29 is 9.59 Å². The van der Waals surface area contributed by atoms with Crippen molar-refractivity contribution in [3.05, 3.63) is 0 Å². The highest BCUT2D eigenvalue weighted by Gasteiger charge is 2.41. The van der Waals surface area contributed by atoms with Crippen LogP contribution >= 0.6 is 0 Å². The SMILES string of the molecule is CC1(C)CCC(C)(C(=O)N[C@H]2CCCCNC2=O)CC1. The molecule has 2 aliphatic rings. The molecule has 0 unspecified atom stereocenters. The molecule has 0 aromatic rings. The van der Waals surface area contributed by atoms with Crippen LogP contribution in [0.15, 0.2) is 0 Å². The Kier molecular flexibility index (Phi) is 4.40. The molecule has 2 N–H and O–H groups in total. The molecule has 0 aromatic heterocycles.